The van der Waals surface area contributed by atoms with Crippen LogP contribution in [-0.4, -0.2) is 27.7 Å². The summed E-state index contributed by atoms with van der Waals surface area (Å²) in [6.45, 7) is 2.10. The number of nitrogens with zero attached hydrogens (tertiary/aromatic N) is 1. The van der Waals surface area contributed by atoms with E-state index in [4.69, 9.17) is 0 Å². The van der Waals surface area contributed by atoms with Crippen molar-refractivity contribution in [2.75, 3.05) is 6.54 Å². The van der Waals surface area contributed by atoms with Crippen LogP contribution in [-0.2, 0) is 13.0 Å². The van der Waals surface area contributed by atoms with E-state index in [1.54, 1.807) is 6.07 Å². The number of benzene rings is 2. The fourth-order valence-electron chi connectivity index (χ4n) is 4.22. The Morgan fingerprint density at radius 1 is 1.00 bits per heavy atom. The van der Waals surface area contributed by atoms with Crippen molar-refractivity contribution in [3.05, 3.63) is 59.2 Å². The van der Waals surface area contributed by atoms with Gasteiger partial charge in [0, 0.05) is 24.1 Å². The lowest BCUT2D eigenvalue weighted by atomic mass is 9.79. The third kappa shape index (κ3) is 2.17. The third-order valence-electron chi connectivity index (χ3n) is 5.28. The van der Waals surface area contributed by atoms with E-state index in [1.165, 1.54) is 11.1 Å². The average Bonchev–Trinajstić information content (AvgIpc) is 2.95. The number of hydrogen-bond acceptors (Lipinski definition) is 3. The van der Waals surface area contributed by atoms with Crippen molar-refractivity contribution in [2.24, 2.45) is 0 Å². The topological polar surface area (TPSA) is 43.7 Å². The SMILES string of the molecule is Oc1ccc2c(c1O)CC[C@H]1[C@@H]2CCN1Cc1ccccc1. The highest BCUT2D eigenvalue weighted by molar-refractivity contribution is 5.52. The van der Waals surface area contributed by atoms with Crippen molar-refractivity contribution >= 4 is 0 Å². The van der Waals surface area contributed by atoms with Crippen LogP contribution in [0.15, 0.2) is 42.5 Å². The second kappa shape index (κ2) is 5.33. The molecule has 3 nitrogen and oxygen atoms in total. The number of fused-ring (bicyclic) bond motifs is 3. The molecule has 0 saturated carbocycles. The zero-order chi connectivity index (χ0) is 15.1. The molecule has 0 amide bonds. The quantitative estimate of drug-likeness (QED) is 0.835. The molecule has 1 heterocycles. The number of rotatable bonds is 2. The Bertz CT molecular complexity index is 683. The molecule has 0 aromatic heterocycles. The van der Waals surface area contributed by atoms with Gasteiger partial charge in [-0.1, -0.05) is 36.4 Å². The predicted octanol–water partition coefficient (Wildman–Crippen LogP) is 3.40. The first kappa shape index (κ1) is 13.6. The van der Waals surface area contributed by atoms with Crippen molar-refractivity contribution in [3.8, 4) is 11.5 Å². The van der Waals surface area contributed by atoms with E-state index in [-0.39, 0.29) is 11.5 Å². The monoisotopic (exact) mass is 295 g/mol. The van der Waals surface area contributed by atoms with Gasteiger partial charge in [0.15, 0.2) is 11.5 Å². The normalized spacial score (nSPS) is 24.0. The van der Waals surface area contributed by atoms with Gasteiger partial charge < -0.3 is 10.2 Å². The maximum absolute atomic E-state index is 10.1. The van der Waals surface area contributed by atoms with Crippen LogP contribution in [0.1, 0.15) is 35.4 Å². The summed E-state index contributed by atoms with van der Waals surface area (Å²) >= 11 is 0. The Morgan fingerprint density at radius 3 is 2.64 bits per heavy atom. The van der Waals surface area contributed by atoms with Gasteiger partial charge in [-0.2, -0.15) is 0 Å². The number of phenols is 2. The first-order chi connectivity index (χ1) is 10.7. The molecule has 2 atom stereocenters. The molecule has 1 aliphatic carbocycles. The minimum atomic E-state index is 0.0105. The van der Waals surface area contributed by atoms with Crippen LogP contribution >= 0.6 is 0 Å². The van der Waals surface area contributed by atoms with Crippen molar-refractivity contribution < 1.29 is 10.2 Å². The van der Waals surface area contributed by atoms with E-state index in [0.29, 0.717) is 12.0 Å². The number of aromatic hydroxyl groups is 2. The van der Waals surface area contributed by atoms with Gasteiger partial charge in [-0.25, -0.2) is 0 Å². The lowest BCUT2D eigenvalue weighted by molar-refractivity contribution is 0.218. The molecule has 3 heteroatoms. The zero-order valence-corrected chi connectivity index (χ0v) is 12.6. The average molecular weight is 295 g/mol. The molecule has 114 valence electrons. The van der Waals surface area contributed by atoms with Crippen molar-refractivity contribution in [2.45, 2.75) is 37.8 Å². The van der Waals surface area contributed by atoms with Crippen LogP contribution in [0, 0.1) is 0 Å². The molecule has 2 aromatic carbocycles. The van der Waals surface area contributed by atoms with Gasteiger partial charge in [-0.15, -0.1) is 0 Å². The maximum Gasteiger partial charge on any atom is 0.160 e. The van der Waals surface area contributed by atoms with Gasteiger partial charge in [0.1, 0.15) is 0 Å². The standard InChI is InChI=1S/C19H21NO2/c21-18-9-7-14-15-10-11-20(12-13-4-2-1-3-5-13)17(15)8-6-16(14)19(18)22/h1-5,7,9,15,17,21-22H,6,8,10-12H2/t15-,17+/m1/s1. The van der Waals surface area contributed by atoms with Crippen molar-refractivity contribution in [1.29, 1.82) is 0 Å². The van der Waals surface area contributed by atoms with Gasteiger partial charge in [0.05, 0.1) is 0 Å². The summed E-state index contributed by atoms with van der Waals surface area (Å²) < 4.78 is 0. The van der Waals surface area contributed by atoms with Gasteiger partial charge >= 0.3 is 0 Å². The highest BCUT2D eigenvalue weighted by atomic mass is 16.3. The fourth-order valence-corrected chi connectivity index (χ4v) is 4.22. The Labute approximate surface area is 130 Å². The summed E-state index contributed by atoms with van der Waals surface area (Å²) in [6.07, 6.45) is 3.04. The number of likely N-dealkylation sites (tertiary alicyclic amines) is 1. The number of hydrogen-bond donors (Lipinski definition) is 2. The highest BCUT2D eigenvalue weighted by Crippen LogP contribution is 2.46. The molecule has 1 fully saturated rings. The summed E-state index contributed by atoms with van der Waals surface area (Å²) in [7, 11) is 0. The van der Waals surface area contributed by atoms with E-state index in [0.717, 1.165) is 37.9 Å². The summed E-state index contributed by atoms with van der Waals surface area (Å²) in [6, 6.07) is 14.8. The zero-order valence-electron chi connectivity index (χ0n) is 12.6. The Morgan fingerprint density at radius 2 is 1.82 bits per heavy atom. The summed E-state index contributed by atoms with van der Waals surface area (Å²) in [5, 5.41) is 19.8. The predicted molar refractivity (Wildman–Crippen MR) is 86.1 cm³/mol. The van der Waals surface area contributed by atoms with Crippen LogP contribution < -0.4 is 0 Å². The Hall–Kier alpha value is -2.00. The highest BCUT2D eigenvalue weighted by Gasteiger charge is 2.39. The van der Waals surface area contributed by atoms with Crippen LogP contribution in [0.4, 0.5) is 0 Å². The van der Waals surface area contributed by atoms with E-state index in [2.05, 4.69) is 35.2 Å². The minimum Gasteiger partial charge on any atom is -0.504 e. The molecular weight excluding hydrogens is 274 g/mol. The molecule has 0 spiro atoms. The van der Waals surface area contributed by atoms with Crippen LogP contribution in [0.5, 0.6) is 11.5 Å². The second-order valence-electron chi connectivity index (χ2n) is 6.46. The van der Waals surface area contributed by atoms with Gasteiger partial charge in [-0.3, -0.25) is 4.90 Å². The van der Waals surface area contributed by atoms with Crippen molar-refractivity contribution in [3.63, 3.8) is 0 Å². The molecule has 0 unspecified atom stereocenters. The largest absolute Gasteiger partial charge is 0.504 e. The van der Waals surface area contributed by atoms with E-state index in [1.807, 2.05) is 6.07 Å². The van der Waals surface area contributed by atoms with Gasteiger partial charge in [0.25, 0.3) is 0 Å². The fraction of sp³-hybridized carbons (Fsp3) is 0.368. The molecule has 2 aliphatic rings. The lowest BCUT2D eigenvalue weighted by Crippen LogP contribution is -2.34. The maximum atomic E-state index is 10.1. The van der Waals surface area contributed by atoms with Gasteiger partial charge in [0.2, 0.25) is 0 Å². The second-order valence-corrected chi connectivity index (χ2v) is 6.46. The molecule has 4 rings (SSSR count). The third-order valence-corrected chi connectivity index (χ3v) is 5.28. The molecule has 0 bridgehead atoms. The lowest BCUT2D eigenvalue weighted by Gasteiger charge is -2.33. The molecular formula is C19H21NO2. The molecule has 1 saturated heterocycles. The molecule has 0 radical (unpaired) electrons. The first-order valence-corrected chi connectivity index (χ1v) is 8.05. The molecule has 2 N–H and O–H groups in total. The van der Waals surface area contributed by atoms with E-state index in [9.17, 15) is 10.2 Å². The number of phenolic OH excluding ortho intramolecular Hbond substituents is 2. The first-order valence-electron chi connectivity index (χ1n) is 8.05. The van der Waals surface area contributed by atoms with Crippen molar-refractivity contribution in [1.82, 2.24) is 4.90 Å². The van der Waals surface area contributed by atoms with Crippen LogP contribution in [0.25, 0.3) is 0 Å². The molecule has 22 heavy (non-hydrogen) atoms. The molecule has 1 aliphatic heterocycles. The van der Waals surface area contributed by atoms with E-state index >= 15 is 0 Å². The van der Waals surface area contributed by atoms with E-state index < -0.39 is 0 Å². The summed E-state index contributed by atoms with van der Waals surface area (Å²) in [5.41, 5.74) is 3.56. The minimum absolute atomic E-state index is 0.0105. The molecule has 2 aromatic rings. The Balaban J connectivity index is 1.60. The Kier molecular flexibility index (Phi) is 3.30. The smallest absolute Gasteiger partial charge is 0.160 e. The van der Waals surface area contributed by atoms with Crippen LogP contribution in [0.2, 0.25) is 0 Å². The summed E-state index contributed by atoms with van der Waals surface area (Å²) in [4.78, 5) is 2.58. The van der Waals surface area contributed by atoms with Crippen LogP contribution in [0.3, 0.4) is 0 Å². The summed E-state index contributed by atoms with van der Waals surface area (Å²) in [5.74, 6) is 0.591. The van der Waals surface area contributed by atoms with Gasteiger partial charge in [-0.05, 0) is 43.0 Å².